The first-order valence-electron chi connectivity index (χ1n) is 16.2. The van der Waals surface area contributed by atoms with Crippen LogP contribution in [0.25, 0.3) is 11.3 Å². The highest BCUT2D eigenvalue weighted by molar-refractivity contribution is 6.23. The third-order valence-electron chi connectivity index (χ3n) is 9.90. The molecule has 8 rings (SSSR count). The summed E-state index contributed by atoms with van der Waals surface area (Å²) in [7, 11) is 0. The van der Waals surface area contributed by atoms with Crippen LogP contribution in [-0.2, 0) is 9.59 Å². The van der Waals surface area contributed by atoms with Gasteiger partial charge in [0.1, 0.15) is 6.04 Å². The Morgan fingerprint density at radius 2 is 1.81 bits per heavy atom. The Morgan fingerprint density at radius 1 is 1.02 bits per heavy atom. The highest BCUT2D eigenvalue weighted by Gasteiger charge is 2.44. The molecule has 242 valence electrons. The molecule has 4 fully saturated rings. The van der Waals surface area contributed by atoms with E-state index in [1.807, 2.05) is 6.07 Å². The molecule has 3 aliphatic heterocycles. The topological polar surface area (TPSA) is 194 Å². The zero-order valence-corrected chi connectivity index (χ0v) is 25.8. The molecule has 4 amide bonds. The number of amides is 4. The number of aromatic nitrogens is 3. The molecule has 0 radical (unpaired) electrons. The predicted octanol–water partition coefficient (Wildman–Crippen LogP) is 1.85. The number of rotatable bonds is 9. The fourth-order valence-corrected chi connectivity index (χ4v) is 6.88. The number of piperidine rings is 1. The lowest BCUT2D eigenvalue weighted by atomic mass is 9.80. The molecule has 2 aromatic heterocycles. The Morgan fingerprint density at radius 3 is 2.53 bits per heavy atom. The van der Waals surface area contributed by atoms with Gasteiger partial charge in [0.25, 0.3) is 11.8 Å². The lowest BCUT2D eigenvalue weighted by Gasteiger charge is -2.35. The van der Waals surface area contributed by atoms with Crippen molar-refractivity contribution in [1.29, 1.82) is 0 Å². The Kier molecular flexibility index (Phi) is 7.13. The van der Waals surface area contributed by atoms with E-state index < -0.39 is 29.7 Å². The first-order chi connectivity index (χ1) is 22.7. The number of fused-ring (bicyclic) bond motifs is 1. The van der Waals surface area contributed by atoms with Crippen LogP contribution in [0.15, 0.2) is 41.7 Å². The molecule has 14 heteroatoms. The quantitative estimate of drug-likeness (QED) is 0.153. The van der Waals surface area contributed by atoms with Crippen LogP contribution in [-0.4, -0.2) is 86.2 Å². The summed E-state index contributed by atoms with van der Waals surface area (Å²) >= 11 is 0. The summed E-state index contributed by atoms with van der Waals surface area (Å²) in [5.74, 6) is 4.54. The molecule has 1 aromatic carbocycles. The van der Waals surface area contributed by atoms with Gasteiger partial charge in [-0.3, -0.25) is 49.9 Å². The average molecular weight is 637 g/mol. The maximum Gasteiger partial charge on any atom is 0.262 e. The molecule has 3 aromatic rings. The number of imide groups is 2. The summed E-state index contributed by atoms with van der Waals surface area (Å²) in [4.78, 5) is 60.3. The van der Waals surface area contributed by atoms with Crippen LogP contribution in [0, 0.1) is 5.92 Å². The van der Waals surface area contributed by atoms with Gasteiger partial charge in [0.05, 0.1) is 34.6 Å². The second-order valence-corrected chi connectivity index (χ2v) is 13.3. The fourth-order valence-electron chi connectivity index (χ4n) is 6.88. The number of hydrogen-bond donors (Lipinski definition) is 4. The van der Waals surface area contributed by atoms with E-state index >= 15 is 0 Å². The van der Waals surface area contributed by atoms with Gasteiger partial charge in [-0.2, -0.15) is 5.10 Å². The molecule has 5 heterocycles. The number of carbonyl (C=O) groups excluding carboxylic acids is 4. The number of anilines is 2. The van der Waals surface area contributed by atoms with Gasteiger partial charge >= 0.3 is 0 Å². The first-order valence-corrected chi connectivity index (χ1v) is 16.2. The summed E-state index contributed by atoms with van der Waals surface area (Å²) < 4.78 is 2.09. The number of hydrogen-bond acceptors (Lipinski definition) is 11. The van der Waals surface area contributed by atoms with Crippen molar-refractivity contribution in [2.24, 2.45) is 16.8 Å². The number of aliphatic imine (C=N–C) groups is 1. The van der Waals surface area contributed by atoms with E-state index in [0.717, 1.165) is 71.9 Å². The standard InChI is InChI=1S/C33H36N10O4/c34-26-10-27(38-13-19(26)12-37-21-14-41(35)15-21)25-16-42(40-30(25)18-1-2-18)22-7-17(8-22)11-36-20-3-4-23-24(9-20)33(47)43(32(23)46)28-5-6-29(44)39-31(28)45/h3-4,9-10,12-13,16-18,21-22,28,36H,1-2,5-8,11,14-15,35H2,(H2,34,38)(H,39,44,45). The minimum absolute atomic E-state index is 0.0882. The number of nitrogens with two attached hydrogens (primary N) is 2. The van der Waals surface area contributed by atoms with Gasteiger partial charge in [-0.1, -0.05) is 0 Å². The van der Waals surface area contributed by atoms with E-state index in [0.29, 0.717) is 24.1 Å². The molecule has 2 aliphatic carbocycles. The Labute approximate surface area is 270 Å². The van der Waals surface area contributed by atoms with Gasteiger partial charge in [0.15, 0.2) is 0 Å². The van der Waals surface area contributed by atoms with E-state index in [-0.39, 0.29) is 36.1 Å². The Hall–Kier alpha value is -4.95. The van der Waals surface area contributed by atoms with Crippen LogP contribution in [0.2, 0.25) is 0 Å². The van der Waals surface area contributed by atoms with Crippen LogP contribution >= 0.6 is 0 Å². The average Bonchev–Trinajstić information content (AvgIpc) is 3.72. The minimum Gasteiger partial charge on any atom is -0.398 e. The molecule has 2 saturated carbocycles. The van der Waals surface area contributed by atoms with Crippen molar-refractivity contribution < 1.29 is 19.2 Å². The van der Waals surface area contributed by atoms with Crippen LogP contribution in [0.3, 0.4) is 0 Å². The largest absolute Gasteiger partial charge is 0.398 e. The smallest absolute Gasteiger partial charge is 0.262 e. The second-order valence-electron chi connectivity index (χ2n) is 13.3. The van der Waals surface area contributed by atoms with Gasteiger partial charge in [-0.15, -0.1) is 0 Å². The fraction of sp³-hybridized carbons (Fsp3) is 0.424. The zero-order chi connectivity index (χ0) is 32.4. The number of benzene rings is 1. The molecule has 0 spiro atoms. The van der Waals surface area contributed by atoms with Gasteiger partial charge in [0.2, 0.25) is 11.8 Å². The number of nitrogen functional groups attached to an aromatic ring is 1. The van der Waals surface area contributed by atoms with Crippen LogP contribution in [0.5, 0.6) is 0 Å². The number of nitrogens with zero attached hydrogens (tertiary/aromatic N) is 6. The lowest BCUT2D eigenvalue weighted by molar-refractivity contribution is -0.136. The molecular weight excluding hydrogens is 600 g/mol. The normalized spacial score (nSPS) is 24.8. The van der Waals surface area contributed by atoms with Gasteiger partial charge < -0.3 is 11.1 Å². The van der Waals surface area contributed by atoms with E-state index in [9.17, 15) is 19.2 Å². The van der Waals surface area contributed by atoms with Crippen molar-refractivity contribution in [3.05, 3.63) is 59.0 Å². The maximum atomic E-state index is 13.2. The molecule has 0 bridgehead atoms. The van der Waals surface area contributed by atoms with E-state index in [1.165, 1.54) is 0 Å². The summed E-state index contributed by atoms with van der Waals surface area (Å²) in [5.41, 5.74) is 12.1. The van der Waals surface area contributed by atoms with E-state index in [4.69, 9.17) is 21.7 Å². The lowest BCUT2D eigenvalue weighted by Crippen LogP contribution is -2.54. The van der Waals surface area contributed by atoms with E-state index in [1.54, 1.807) is 35.6 Å². The van der Waals surface area contributed by atoms with Crippen molar-refractivity contribution in [3.8, 4) is 11.3 Å². The summed E-state index contributed by atoms with van der Waals surface area (Å²) in [6.45, 7) is 2.20. The van der Waals surface area contributed by atoms with Gasteiger partial charge in [0, 0.05) is 73.1 Å². The Bertz CT molecular complexity index is 1840. The zero-order valence-electron chi connectivity index (χ0n) is 25.8. The van der Waals surface area contributed by atoms with Crippen molar-refractivity contribution in [1.82, 2.24) is 30.0 Å². The minimum atomic E-state index is -0.978. The van der Waals surface area contributed by atoms with Crippen molar-refractivity contribution >= 4 is 41.2 Å². The molecule has 1 unspecified atom stereocenters. The number of pyridine rings is 1. The maximum absolute atomic E-state index is 13.2. The van der Waals surface area contributed by atoms with Crippen LogP contribution in [0.4, 0.5) is 11.4 Å². The highest BCUT2D eigenvalue weighted by atomic mass is 16.2. The molecule has 47 heavy (non-hydrogen) atoms. The highest BCUT2D eigenvalue weighted by Crippen LogP contribution is 2.46. The van der Waals surface area contributed by atoms with E-state index in [2.05, 4.69) is 26.5 Å². The van der Waals surface area contributed by atoms with Crippen molar-refractivity contribution in [2.45, 2.75) is 62.6 Å². The molecule has 2 saturated heterocycles. The van der Waals surface area contributed by atoms with Crippen LogP contribution in [0.1, 0.15) is 82.5 Å². The summed E-state index contributed by atoms with van der Waals surface area (Å²) in [5, 5.41) is 12.4. The number of carbonyl (C=O) groups is 4. The SMILES string of the molecule is Nc1cc(-c2cn(C3CC(CNc4ccc5c(c4)C(=O)N(C4CCC(=O)NC4=O)C5=O)C3)nc2C2CC2)ncc1C=NC1CN(N)C1. The second kappa shape index (κ2) is 11.4. The van der Waals surface area contributed by atoms with Gasteiger partial charge in [-0.05, 0) is 62.3 Å². The molecule has 5 aliphatic rings. The molecular formula is C33H36N10O4. The third kappa shape index (κ3) is 5.46. The van der Waals surface area contributed by atoms with Crippen molar-refractivity contribution in [2.75, 3.05) is 30.7 Å². The number of nitrogens with one attached hydrogen (secondary N) is 2. The summed E-state index contributed by atoms with van der Waals surface area (Å²) in [6.07, 6.45) is 10.1. The summed E-state index contributed by atoms with van der Waals surface area (Å²) in [6, 6.07) is 6.50. The predicted molar refractivity (Wildman–Crippen MR) is 172 cm³/mol. The molecule has 1 atom stereocenters. The first kappa shape index (κ1) is 29.5. The van der Waals surface area contributed by atoms with Gasteiger partial charge in [-0.25, -0.2) is 5.01 Å². The monoisotopic (exact) mass is 636 g/mol. The van der Waals surface area contributed by atoms with Crippen molar-refractivity contribution in [3.63, 3.8) is 0 Å². The van der Waals surface area contributed by atoms with Crippen LogP contribution < -0.4 is 22.2 Å². The molecule has 14 nitrogen and oxygen atoms in total. The Balaban J connectivity index is 0.895. The number of hydrazine groups is 1. The third-order valence-corrected chi connectivity index (χ3v) is 9.90. The molecule has 6 N–H and O–H groups in total.